The molecule has 5 nitrogen and oxygen atoms in total. The van der Waals surface area contributed by atoms with E-state index in [0.29, 0.717) is 12.2 Å². The summed E-state index contributed by atoms with van der Waals surface area (Å²) in [4.78, 5) is 15.5. The van der Waals surface area contributed by atoms with Crippen molar-refractivity contribution in [3.63, 3.8) is 0 Å². The number of aryl methyl sites for hydroxylation is 1. The van der Waals surface area contributed by atoms with Crippen LogP contribution in [0, 0.1) is 6.92 Å². The van der Waals surface area contributed by atoms with Crippen molar-refractivity contribution >= 4 is 23.0 Å². The number of rotatable bonds is 5. The zero-order chi connectivity index (χ0) is 24.9. The van der Waals surface area contributed by atoms with Crippen molar-refractivity contribution in [3.05, 3.63) is 101 Å². The number of nitrogens with one attached hydrogen (secondary N) is 1. The molecule has 0 aromatic heterocycles. The summed E-state index contributed by atoms with van der Waals surface area (Å²) in [7, 11) is 0. The van der Waals surface area contributed by atoms with Crippen molar-refractivity contribution in [2.45, 2.75) is 39.2 Å². The third-order valence-corrected chi connectivity index (χ3v) is 7.43. The first-order valence-electron chi connectivity index (χ1n) is 12.7. The summed E-state index contributed by atoms with van der Waals surface area (Å²) in [5.41, 5.74) is 6.57. The van der Waals surface area contributed by atoms with Crippen LogP contribution in [-0.4, -0.2) is 19.1 Å². The Morgan fingerprint density at radius 3 is 2.47 bits per heavy atom. The maximum absolute atomic E-state index is 13.2. The van der Waals surface area contributed by atoms with E-state index in [-0.39, 0.29) is 5.97 Å². The minimum absolute atomic E-state index is 0.238. The average molecular weight is 479 g/mol. The van der Waals surface area contributed by atoms with E-state index in [0.717, 1.165) is 64.6 Å². The third kappa shape index (κ3) is 3.41. The molecule has 2 aliphatic heterocycles. The lowest BCUT2D eigenvalue weighted by Crippen LogP contribution is -2.34. The molecule has 1 aliphatic carbocycles. The van der Waals surface area contributed by atoms with E-state index in [4.69, 9.17) is 9.47 Å². The summed E-state index contributed by atoms with van der Waals surface area (Å²) in [5.74, 6) is 1.19. The molecule has 0 amide bonds. The van der Waals surface area contributed by atoms with Crippen LogP contribution in [0.15, 0.2) is 84.0 Å². The Balaban J connectivity index is 1.52. The molecule has 0 fully saturated rings. The van der Waals surface area contributed by atoms with Gasteiger partial charge in [-0.05, 0) is 76.1 Å². The van der Waals surface area contributed by atoms with Crippen LogP contribution in [0.4, 0.5) is 17.1 Å². The lowest BCUT2D eigenvalue weighted by atomic mass is 9.75. The number of carbonyl (C=O) groups excluding carboxylic acids is 1. The lowest BCUT2D eigenvalue weighted by molar-refractivity contribution is -0.145. The molecule has 1 spiro atoms. The molecule has 5 heteroatoms. The Morgan fingerprint density at radius 2 is 1.69 bits per heavy atom. The molecule has 0 saturated carbocycles. The molecule has 1 atom stereocenters. The second-order valence-electron chi connectivity index (χ2n) is 9.56. The SMILES string of the molecule is CCN(CC)c1ccc2c(c1)Oc1ccc(Nc3ccc(C)cc3)cc1C21OC(=O)C2=C1C=CCC2. The van der Waals surface area contributed by atoms with Gasteiger partial charge >= 0.3 is 5.97 Å². The second kappa shape index (κ2) is 8.59. The molecule has 0 radical (unpaired) electrons. The number of benzene rings is 3. The van der Waals surface area contributed by atoms with E-state index in [1.54, 1.807) is 0 Å². The van der Waals surface area contributed by atoms with Gasteiger partial charge < -0.3 is 19.7 Å². The van der Waals surface area contributed by atoms with E-state index in [9.17, 15) is 4.79 Å². The smallest absolute Gasteiger partial charge is 0.336 e. The van der Waals surface area contributed by atoms with E-state index >= 15 is 0 Å². The molecule has 3 aromatic carbocycles. The minimum Gasteiger partial charge on any atom is -0.456 e. The first-order chi connectivity index (χ1) is 17.5. The van der Waals surface area contributed by atoms with Gasteiger partial charge in [0.25, 0.3) is 0 Å². The maximum atomic E-state index is 13.2. The average Bonchev–Trinajstić information content (AvgIpc) is 3.19. The Labute approximate surface area is 212 Å². The van der Waals surface area contributed by atoms with Gasteiger partial charge in [0.15, 0.2) is 5.60 Å². The topological polar surface area (TPSA) is 50.8 Å². The zero-order valence-corrected chi connectivity index (χ0v) is 20.9. The highest BCUT2D eigenvalue weighted by Gasteiger charge is 2.54. The van der Waals surface area contributed by atoms with Crippen LogP contribution in [0.1, 0.15) is 43.4 Å². The van der Waals surface area contributed by atoms with Crippen molar-refractivity contribution < 1.29 is 14.3 Å². The van der Waals surface area contributed by atoms with Gasteiger partial charge in [-0.25, -0.2) is 4.79 Å². The highest BCUT2D eigenvalue weighted by molar-refractivity contribution is 5.96. The van der Waals surface area contributed by atoms with E-state index in [2.05, 4.69) is 91.7 Å². The van der Waals surface area contributed by atoms with Crippen molar-refractivity contribution in [2.75, 3.05) is 23.3 Å². The minimum atomic E-state index is -1.03. The number of allylic oxidation sites excluding steroid dienone is 1. The summed E-state index contributed by atoms with van der Waals surface area (Å²) in [6, 6.07) is 20.6. The van der Waals surface area contributed by atoms with Gasteiger partial charge in [-0.15, -0.1) is 0 Å². The number of ether oxygens (including phenoxy) is 2. The fourth-order valence-corrected chi connectivity index (χ4v) is 5.57. The van der Waals surface area contributed by atoms with Crippen LogP contribution in [0.25, 0.3) is 0 Å². The fraction of sp³-hybridized carbons (Fsp3) is 0.258. The van der Waals surface area contributed by atoms with E-state index in [1.807, 2.05) is 12.1 Å². The fourth-order valence-electron chi connectivity index (χ4n) is 5.57. The Morgan fingerprint density at radius 1 is 0.917 bits per heavy atom. The molecule has 0 bridgehead atoms. The highest BCUT2D eigenvalue weighted by atomic mass is 16.6. The zero-order valence-electron chi connectivity index (χ0n) is 20.9. The number of anilines is 3. The molecule has 6 rings (SSSR count). The molecular formula is C31H30N2O3. The van der Waals surface area contributed by atoms with E-state index < -0.39 is 5.60 Å². The molecular weight excluding hydrogens is 448 g/mol. The third-order valence-electron chi connectivity index (χ3n) is 7.43. The summed E-state index contributed by atoms with van der Waals surface area (Å²) in [5, 5.41) is 3.50. The maximum Gasteiger partial charge on any atom is 0.336 e. The number of hydrogen-bond donors (Lipinski definition) is 1. The van der Waals surface area contributed by atoms with Gasteiger partial charge in [-0.3, -0.25) is 0 Å². The van der Waals surface area contributed by atoms with Crippen molar-refractivity contribution in [1.82, 2.24) is 0 Å². The Hall–Kier alpha value is -3.99. The molecule has 36 heavy (non-hydrogen) atoms. The molecule has 182 valence electrons. The van der Waals surface area contributed by atoms with Gasteiger partial charge in [0.1, 0.15) is 11.5 Å². The predicted molar refractivity (Wildman–Crippen MR) is 143 cm³/mol. The van der Waals surface area contributed by atoms with Gasteiger partial charge in [0.2, 0.25) is 0 Å². The number of nitrogens with zero attached hydrogens (tertiary/aromatic N) is 1. The monoisotopic (exact) mass is 478 g/mol. The first kappa shape index (κ1) is 22.5. The van der Waals surface area contributed by atoms with Crippen LogP contribution >= 0.6 is 0 Å². The van der Waals surface area contributed by atoms with Gasteiger partial charge in [-0.1, -0.05) is 29.8 Å². The normalized spacial score (nSPS) is 19.4. The van der Waals surface area contributed by atoms with Crippen molar-refractivity contribution in [3.8, 4) is 11.5 Å². The first-order valence-corrected chi connectivity index (χ1v) is 12.7. The standard InChI is InChI=1S/C31H30N2O3/c1-4-33(5-2)23-15-16-26-29(19-23)35-28-17-14-22(32-21-12-10-20(3)11-13-21)18-27(28)31(26)25-9-7-6-8-24(25)30(34)36-31/h7,9-19,32H,4-6,8H2,1-3H3. The van der Waals surface area contributed by atoms with Gasteiger partial charge in [0, 0.05) is 58.5 Å². The number of esters is 1. The number of carbonyl (C=O) groups is 1. The number of fused-ring (bicyclic) bond motifs is 5. The molecule has 2 heterocycles. The van der Waals surface area contributed by atoms with Crippen LogP contribution in [-0.2, 0) is 15.1 Å². The summed E-state index contributed by atoms with van der Waals surface area (Å²) >= 11 is 0. The summed E-state index contributed by atoms with van der Waals surface area (Å²) in [6.45, 7) is 8.16. The summed E-state index contributed by atoms with van der Waals surface area (Å²) < 4.78 is 12.9. The molecule has 0 saturated heterocycles. The highest BCUT2D eigenvalue weighted by Crippen LogP contribution is 2.58. The van der Waals surface area contributed by atoms with Crippen LogP contribution in [0.3, 0.4) is 0 Å². The quantitative estimate of drug-likeness (QED) is 0.395. The Bertz CT molecular complexity index is 1420. The summed E-state index contributed by atoms with van der Waals surface area (Å²) in [6.07, 6.45) is 5.74. The number of hydrogen-bond acceptors (Lipinski definition) is 5. The van der Waals surface area contributed by atoms with E-state index in [1.165, 1.54) is 5.56 Å². The lowest BCUT2D eigenvalue weighted by Gasteiger charge is -2.38. The van der Waals surface area contributed by atoms with Crippen molar-refractivity contribution in [2.24, 2.45) is 0 Å². The van der Waals surface area contributed by atoms with Gasteiger partial charge in [0.05, 0.1) is 0 Å². The Kier molecular flexibility index (Phi) is 5.36. The van der Waals surface area contributed by atoms with Crippen LogP contribution < -0.4 is 15.0 Å². The molecule has 3 aliphatic rings. The second-order valence-corrected chi connectivity index (χ2v) is 9.56. The van der Waals surface area contributed by atoms with Crippen molar-refractivity contribution in [1.29, 1.82) is 0 Å². The predicted octanol–water partition coefficient (Wildman–Crippen LogP) is 7.14. The molecule has 3 aromatic rings. The van der Waals surface area contributed by atoms with Gasteiger partial charge in [-0.2, -0.15) is 0 Å². The van der Waals surface area contributed by atoms with Crippen LogP contribution in [0.5, 0.6) is 11.5 Å². The molecule has 1 unspecified atom stereocenters. The largest absolute Gasteiger partial charge is 0.456 e. The van der Waals surface area contributed by atoms with Crippen LogP contribution in [0.2, 0.25) is 0 Å². The molecule has 1 N–H and O–H groups in total.